The van der Waals surface area contributed by atoms with Gasteiger partial charge in [0.05, 0.1) is 0 Å². The number of rotatable bonds is 9. The summed E-state index contributed by atoms with van der Waals surface area (Å²) in [6.45, 7) is 9.16. The molecule has 0 aromatic heterocycles. The Hall–Kier alpha value is -0.830. The minimum absolute atomic E-state index is 0.239. The summed E-state index contributed by atoms with van der Waals surface area (Å²) in [6, 6.07) is 0.259. The van der Waals surface area contributed by atoms with Crippen LogP contribution in [0.5, 0.6) is 0 Å². The molecular formula is C13H26N2O. The summed E-state index contributed by atoms with van der Waals surface area (Å²) in [5, 5.41) is 0. The highest BCUT2D eigenvalue weighted by atomic mass is 16.2. The fourth-order valence-corrected chi connectivity index (χ4v) is 1.66. The first-order chi connectivity index (χ1) is 7.63. The highest BCUT2D eigenvalue weighted by molar-refractivity contribution is 5.76. The van der Waals surface area contributed by atoms with Gasteiger partial charge in [-0.15, -0.1) is 6.58 Å². The first-order valence-corrected chi connectivity index (χ1v) is 6.24. The summed E-state index contributed by atoms with van der Waals surface area (Å²) >= 11 is 0. The van der Waals surface area contributed by atoms with Crippen LogP contribution in [-0.4, -0.2) is 29.9 Å². The minimum atomic E-state index is 0.239. The topological polar surface area (TPSA) is 46.3 Å². The van der Waals surface area contributed by atoms with Crippen molar-refractivity contribution in [3.8, 4) is 0 Å². The Morgan fingerprint density at radius 3 is 2.44 bits per heavy atom. The molecule has 16 heavy (non-hydrogen) atoms. The van der Waals surface area contributed by atoms with E-state index >= 15 is 0 Å². The first kappa shape index (κ1) is 15.2. The van der Waals surface area contributed by atoms with E-state index in [4.69, 9.17) is 5.73 Å². The van der Waals surface area contributed by atoms with Crippen molar-refractivity contribution in [2.75, 3.05) is 13.1 Å². The van der Waals surface area contributed by atoms with Gasteiger partial charge in [-0.1, -0.05) is 18.9 Å². The molecule has 0 aromatic carbocycles. The lowest BCUT2D eigenvalue weighted by Crippen LogP contribution is -2.36. The number of hydrogen-bond acceptors (Lipinski definition) is 2. The van der Waals surface area contributed by atoms with Gasteiger partial charge >= 0.3 is 0 Å². The quantitative estimate of drug-likeness (QED) is 0.484. The van der Waals surface area contributed by atoms with Gasteiger partial charge in [-0.3, -0.25) is 4.79 Å². The van der Waals surface area contributed by atoms with Crippen LogP contribution in [0.4, 0.5) is 0 Å². The van der Waals surface area contributed by atoms with E-state index < -0.39 is 0 Å². The average molecular weight is 226 g/mol. The standard InChI is InChI=1S/C13H26N2O/c1-4-11-15(12(2)3)13(16)9-7-5-6-8-10-14/h4,12H,1,5-11,14H2,2-3H3. The predicted molar refractivity (Wildman–Crippen MR) is 69.2 cm³/mol. The molecule has 0 aliphatic rings. The van der Waals surface area contributed by atoms with Gasteiger partial charge in [-0.25, -0.2) is 0 Å². The van der Waals surface area contributed by atoms with Gasteiger partial charge < -0.3 is 10.6 Å². The van der Waals surface area contributed by atoms with Gasteiger partial charge in [-0.2, -0.15) is 0 Å². The second-order valence-electron chi connectivity index (χ2n) is 4.38. The van der Waals surface area contributed by atoms with E-state index in [0.29, 0.717) is 13.0 Å². The Morgan fingerprint density at radius 1 is 1.31 bits per heavy atom. The molecular weight excluding hydrogens is 200 g/mol. The molecule has 0 bridgehead atoms. The Labute approximate surface area is 99.7 Å². The molecule has 0 spiro atoms. The number of unbranched alkanes of at least 4 members (excludes halogenated alkanes) is 3. The molecule has 0 aromatic rings. The molecule has 0 aliphatic heterocycles. The number of carbonyl (C=O) groups is 1. The predicted octanol–water partition coefficient (Wildman–Crippen LogP) is 2.32. The van der Waals surface area contributed by atoms with Crippen molar-refractivity contribution in [3.05, 3.63) is 12.7 Å². The van der Waals surface area contributed by atoms with E-state index in [2.05, 4.69) is 6.58 Å². The summed E-state index contributed by atoms with van der Waals surface area (Å²) in [6.07, 6.45) is 6.70. The van der Waals surface area contributed by atoms with Crippen molar-refractivity contribution in [1.29, 1.82) is 0 Å². The highest BCUT2D eigenvalue weighted by Gasteiger charge is 2.14. The van der Waals surface area contributed by atoms with Gasteiger partial charge in [0.15, 0.2) is 0 Å². The molecule has 2 N–H and O–H groups in total. The van der Waals surface area contributed by atoms with Gasteiger partial charge in [0, 0.05) is 19.0 Å². The van der Waals surface area contributed by atoms with Crippen molar-refractivity contribution < 1.29 is 4.79 Å². The van der Waals surface area contributed by atoms with Crippen LogP contribution in [-0.2, 0) is 4.79 Å². The Morgan fingerprint density at radius 2 is 1.94 bits per heavy atom. The molecule has 0 rings (SSSR count). The molecule has 0 saturated carbocycles. The van der Waals surface area contributed by atoms with Crippen LogP contribution in [0, 0.1) is 0 Å². The fraction of sp³-hybridized carbons (Fsp3) is 0.769. The summed E-state index contributed by atoms with van der Waals surface area (Å²) in [5.41, 5.74) is 5.41. The van der Waals surface area contributed by atoms with Crippen LogP contribution in [0.3, 0.4) is 0 Å². The van der Waals surface area contributed by atoms with Crippen LogP contribution in [0.2, 0.25) is 0 Å². The largest absolute Gasteiger partial charge is 0.337 e. The summed E-state index contributed by atoms with van der Waals surface area (Å²) in [7, 11) is 0. The van der Waals surface area contributed by atoms with Crippen LogP contribution in [0.1, 0.15) is 46.0 Å². The smallest absolute Gasteiger partial charge is 0.223 e. The molecule has 0 saturated heterocycles. The Kier molecular flexibility index (Phi) is 8.91. The maximum absolute atomic E-state index is 11.9. The summed E-state index contributed by atoms with van der Waals surface area (Å²) in [4.78, 5) is 13.7. The van der Waals surface area contributed by atoms with Crippen LogP contribution < -0.4 is 5.73 Å². The third-order valence-electron chi connectivity index (χ3n) is 2.61. The van der Waals surface area contributed by atoms with Gasteiger partial charge in [0.25, 0.3) is 0 Å². The zero-order chi connectivity index (χ0) is 12.4. The number of hydrogen-bond donors (Lipinski definition) is 1. The van der Waals surface area contributed by atoms with E-state index in [0.717, 1.165) is 32.2 Å². The number of carbonyl (C=O) groups excluding carboxylic acids is 1. The van der Waals surface area contributed by atoms with Gasteiger partial charge in [0.1, 0.15) is 0 Å². The van der Waals surface area contributed by atoms with Crippen molar-refractivity contribution in [2.45, 2.75) is 52.0 Å². The first-order valence-electron chi connectivity index (χ1n) is 6.24. The lowest BCUT2D eigenvalue weighted by Gasteiger charge is -2.25. The Balaban J connectivity index is 3.78. The van der Waals surface area contributed by atoms with Crippen LogP contribution >= 0.6 is 0 Å². The zero-order valence-corrected chi connectivity index (χ0v) is 10.7. The molecule has 94 valence electrons. The van der Waals surface area contributed by atoms with Crippen molar-refractivity contribution >= 4 is 5.91 Å². The molecule has 0 fully saturated rings. The second kappa shape index (κ2) is 9.40. The maximum atomic E-state index is 11.9. The molecule has 3 heteroatoms. The third kappa shape index (κ3) is 6.62. The molecule has 0 heterocycles. The molecule has 0 aliphatic carbocycles. The summed E-state index contributed by atoms with van der Waals surface area (Å²) in [5.74, 6) is 0.239. The number of nitrogens with zero attached hydrogens (tertiary/aromatic N) is 1. The SMILES string of the molecule is C=CCN(C(=O)CCCCCCN)C(C)C. The lowest BCUT2D eigenvalue weighted by atomic mass is 10.1. The van der Waals surface area contributed by atoms with Crippen molar-refractivity contribution in [3.63, 3.8) is 0 Å². The fourth-order valence-electron chi connectivity index (χ4n) is 1.66. The van der Waals surface area contributed by atoms with E-state index in [-0.39, 0.29) is 11.9 Å². The van der Waals surface area contributed by atoms with Crippen LogP contribution in [0.15, 0.2) is 12.7 Å². The average Bonchev–Trinajstić information content (AvgIpc) is 2.24. The monoisotopic (exact) mass is 226 g/mol. The third-order valence-corrected chi connectivity index (χ3v) is 2.61. The number of amides is 1. The normalized spacial score (nSPS) is 10.5. The minimum Gasteiger partial charge on any atom is -0.337 e. The van der Waals surface area contributed by atoms with Crippen molar-refractivity contribution in [2.24, 2.45) is 5.73 Å². The lowest BCUT2D eigenvalue weighted by molar-refractivity contribution is -0.132. The van der Waals surface area contributed by atoms with E-state index in [1.807, 2.05) is 18.7 Å². The van der Waals surface area contributed by atoms with E-state index in [1.165, 1.54) is 0 Å². The van der Waals surface area contributed by atoms with Gasteiger partial charge in [-0.05, 0) is 33.2 Å². The molecule has 0 unspecified atom stereocenters. The van der Waals surface area contributed by atoms with Gasteiger partial charge in [0.2, 0.25) is 5.91 Å². The maximum Gasteiger partial charge on any atom is 0.223 e. The van der Waals surface area contributed by atoms with E-state index in [9.17, 15) is 4.79 Å². The van der Waals surface area contributed by atoms with E-state index in [1.54, 1.807) is 6.08 Å². The molecule has 0 radical (unpaired) electrons. The van der Waals surface area contributed by atoms with Crippen molar-refractivity contribution in [1.82, 2.24) is 4.90 Å². The number of nitrogens with two attached hydrogens (primary N) is 1. The molecule has 3 nitrogen and oxygen atoms in total. The molecule has 1 amide bonds. The highest BCUT2D eigenvalue weighted by Crippen LogP contribution is 2.07. The van der Waals surface area contributed by atoms with Crippen LogP contribution in [0.25, 0.3) is 0 Å². The Bertz CT molecular complexity index is 202. The zero-order valence-electron chi connectivity index (χ0n) is 10.7. The molecule has 0 atom stereocenters. The second-order valence-corrected chi connectivity index (χ2v) is 4.38. The summed E-state index contributed by atoms with van der Waals surface area (Å²) < 4.78 is 0.